The average molecular weight is 209 g/mol. The van der Waals surface area contributed by atoms with E-state index in [9.17, 15) is 0 Å². The van der Waals surface area contributed by atoms with Crippen LogP contribution in [0.5, 0.6) is 0 Å². The minimum atomic E-state index is 0.124. The number of anilines is 1. The van der Waals surface area contributed by atoms with Gasteiger partial charge in [0.05, 0.1) is 6.61 Å². The second-order valence-electron chi connectivity index (χ2n) is 3.88. The molecule has 1 rings (SSSR count). The summed E-state index contributed by atoms with van der Waals surface area (Å²) >= 11 is 0. The van der Waals surface area contributed by atoms with Gasteiger partial charge in [-0.1, -0.05) is 6.07 Å². The maximum absolute atomic E-state index is 8.84. The Morgan fingerprint density at radius 1 is 1.47 bits per heavy atom. The first kappa shape index (κ1) is 11.9. The predicted octanol–water partition coefficient (Wildman–Crippen LogP) is 0.618. The molecular weight excluding hydrogens is 190 g/mol. The molecule has 1 aromatic rings. The smallest absolute Gasteiger partial charge is 0.127 e. The van der Waals surface area contributed by atoms with Crippen LogP contribution in [0, 0.1) is 0 Å². The second-order valence-corrected chi connectivity index (χ2v) is 3.88. The number of nitrogens with zero attached hydrogens (tertiary/aromatic N) is 2. The Morgan fingerprint density at radius 3 is 2.67 bits per heavy atom. The minimum Gasteiger partial charge on any atom is -0.395 e. The van der Waals surface area contributed by atoms with Crippen LogP contribution in [-0.4, -0.2) is 36.8 Å². The van der Waals surface area contributed by atoms with Crippen LogP contribution in [0.2, 0.25) is 0 Å². The Kier molecular flexibility index (Phi) is 4.52. The molecule has 4 heteroatoms. The Hall–Kier alpha value is -1.13. The Balaban J connectivity index is 2.50. The maximum Gasteiger partial charge on any atom is 0.127 e. The van der Waals surface area contributed by atoms with E-state index >= 15 is 0 Å². The highest BCUT2D eigenvalue weighted by atomic mass is 16.3. The summed E-state index contributed by atoms with van der Waals surface area (Å²) < 4.78 is 0. The zero-order valence-corrected chi connectivity index (χ0v) is 9.57. The molecule has 0 aliphatic carbocycles. The van der Waals surface area contributed by atoms with Gasteiger partial charge in [0, 0.05) is 32.9 Å². The monoisotopic (exact) mass is 209 g/mol. The first-order valence-corrected chi connectivity index (χ1v) is 5.10. The van der Waals surface area contributed by atoms with Gasteiger partial charge in [-0.3, -0.25) is 0 Å². The van der Waals surface area contributed by atoms with Crippen molar-refractivity contribution >= 4 is 5.82 Å². The summed E-state index contributed by atoms with van der Waals surface area (Å²) in [6, 6.07) is 4.15. The molecule has 15 heavy (non-hydrogen) atoms. The van der Waals surface area contributed by atoms with E-state index in [0.717, 1.165) is 17.9 Å². The van der Waals surface area contributed by atoms with E-state index in [2.05, 4.69) is 10.3 Å². The number of rotatable bonds is 5. The molecular formula is C11H19N3O. The van der Waals surface area contributed by atoms with Crippen molar-refractivity contribution in [1.82, 2.24) is 10.3 Å². The molecule has 0 fully saturated rings. The fourth-order valence-electron chi connectivity index (χ4n) is 1.14. The number of aliphatic hydroxyl groups is 1. The normalized spacial score (nSPS) is 12.5. The highest BCUT2D eigenvalue weighted by molar-refractivity contribution is 5.37. The van der Waals surface area contributed by atoms with Crippen molar-refractivity contribution in [1.29, 1.82) is 0 Å². The lowest BCUT2D eigenvalue weighted by molar-refractivity contribution is 0.251. The molecule has 0 unspecified atom stereocenters. The van der Waals surface area contributed by atoms with Crippen LogP contribution in [0.4, 0.5) is 5.82 Å². The highest BCUT2D eigenvalue weighted by Gasteiger charge is 2.00. The third-order valence-corrected chi connectivity index (χ3v) is 2.20. The topological polar surface area (TPSA) is 48.4 Å². The van der Waals surface area contributed by atoms with E-state index in [1.165, 1.54) is 0 Å². The molecule has 2 N–H and O–H groups in total. The van der Waals surface area contributed by atoms with E-state index < -0.39 is 0 Å². The molecule has 0 aliphatic heterocycles. The fraction of sp³-hybridized carbons (Fsp3) is 0.545. The number of nitrogens with one attached hydrogen (secondary N) is 1. The van der Waals surface area contributed by atoms with Gasteiger partial charge in [0.2, 0.25) is 0 Å². The molecule has 1 heterocycles. The minimum absolute atomic E-state index is 0.124. The first-order valence-electron chi connectivity index (χ1n) is 5.10. The highest BCUT2D eigenvalue weighted by Crippen LogP contribution is 2.07. The summed E-state index contributed by atoms with van der Waals surface area (Å²) in [5.74, 6) is 0.953. The molecule has 0 aliphatic rings. The number of aromatic nitrogens is 1. The molecule has 1 aromatic heterocycles. The lowest BCUT2D eigenvalue weighted by Crippen LogP contribution is -2.28. The van der Waals surface area contributed by atoms with Gasteiger partial charge in [0.15, 0.2) is 0 Å². The number of hydrogen-bond donors (Lipinski definition) is 2. The Bertz CT molecular complexity index is 284. The molecule has 84 valence electrons. The third kappa shape index (κ3) is 3.85. The molecule has 0 amide bonds. The van der Waals surface area contributed by atoms with Crippen LogP contribution in [0.1, 0.15) is 12.5 Å². The zero-order valence-electron chi connectivity index (χ0n) is 9.57. The summed E-state index contributed by atoms with van der Waals surface area (Å²) in [7, 11) is 3.93. The fourth-order valence-corrected chi connectivity index (χ4v) is 1.14. The first-order chi connectivity index (χ1) is 7.13. The predicted molar refractivity (Wildman–Crippen MR) is 62.0 cm³/mol. The quantitative estimate of drug-likeness (QED) is 0.746. The molecule has 0 aromatic carbocycles. The van der Waals surface area contributed by atoms with Crippen LogP contribution in [0.3, 0.4) is 0 Å². The van der Waals surface area contributed by atoms with Crippen LogP contribution >= 0.6 is 0 Å². The molecule has 0 radical (unpaired) electrons. The number of pyridine rings is 1. The zero-order chi connectivity index (χ0) is 11.3. The number of aliphatic hydroxyl groups excluding tert-OH is 1. The van der Waals surface area contributed by atoms with E-state index in [0.29, 0.717) is 0 Å². The molecule has 0 saturated carbocycles. The maximum atomic E-state index is 8.84. The Morgan fingerprint density at radius 2 is 2.20 bits per heavy atom. The van der Waals surface area contributed by atoms with E-state index in [1.54, 1.807) is 0 Å². The van der Waals surface area contributed by atoms with Gasteiger partial charge >= 0.3 is 0 Å². The van der Waals surface area contributed by atoms with Crippen molar-refractivity contribution in [2.75, 3.05) is 25.6 Å². The lowest BCUT2D eigenvalue weighted by atomic mass is 10.2. The van der Waals surface area contributed by atoms with E-state index in [4.69, 9.17) is 5.11 Å². The van der Waals surface area contributed by atoms with Gasteiger partial charge < -0.3 is 15.3 Å². The van der Waals surface area contributed by atoms with Gasteiger partial charge in [-0.15, -0.1) is 0 Å². The van der Waals surface area contributed by atoms with Gasteiger partial charge in [0.1, 0.15) is 5.82 Å². The van der Waals surface area contributed by atoms with Crippen molar-refractivity contribution < 1.29 is 5.11 Å². The van der Waals surface area contributed by atoms with Gasteiger partial charge in [-0.25, -0.2) is 4.98 Å². The molecule has 1 atom stereocenters. The second kappa shape index (κ2) is 5.68. The van der Waals surface area contributed by atoms with Crippen molar-refractivity contribution in [3.63, 3.8) is 0 Å². The summed E-state index contributed by atoms with van der Waals surface area (Å²) in [5, 5.41) is 12.0. The van der Waals surface area contributed by atoms with Crippen molar-refractivity contribution in [3.05, 3.63) is 23.9 Å². The van der Waals surface area contributed by atoms with Crippen LogP contribution in [-0.2, 0) is 6.54 Å². The van der Waals surface area contributed by atoms with E-state index in [-0.39, 0.29) is 12.6 Å². The molecule has 0 saturated heterocycles. The van der Waals surface area contributed by atoms with Gasteiger partial charge in [0.25, 0.3) is 0 Å². The van der Waals surface area contributed by atoms with Crippen molar-refractivity contribution in [2.24, 2.45) is 0 Å². The molecule has 4 nitrogen and oxygen atoms in total. The van der Waals surface area contributed by atoms with Gasteiger partial charge in [-0.05, 0) is 18.6 Å². The Labute approximate surface area is 90.9 Å². The van der Waals surface area contributed by atoms with Crippen molar-refractivity contribution in [2.45, 2.75) is 19.5 Å². The summed E-state index contributed by atoms with van der Waals surface area (Å²) in [4.78, 5) is 6.27. The van der Waals surface area contributed by atoms with Crippen LogP contribution in [0.25, 0.3) is 0 Å². The lowest BCUT2D eigenvalue weighted by Gasteiger charge is -2.13. The molecule has 0 bridgehead atoms. The summed E-state index contributed by atoms with van der Waals surface area (Å²) in [6.07, 6.45) is 1.85. The van der Waals surface area contributed by atoms with Gasteiger partial charge in [-0.2, -0.15) is 0 Å². The SMILES string of the molecule is C[C@H](CO)NCc1ccc(N(C)C)nc1. The molecule has 0 spiro atoms. The third-order valence-electron chi connectivity index (χ3n) is 2.20. The number of hydrogen-bond acceptors (Lipinski definition) is 4. The standard InChI is InChI=1S/C11H19N3O/c1-9(8-15)12-6-10-4-5-11(13-7-10)14(2)3/h4-5,7,9,12,15H,6,8H2,1-3H3/t9-/m1/s1. The summed E-state index contributed by atoms with van der Waals surface area (Å²) in [5.41, 5.74) is 1.13. The average Bonchev–Trinajstić information content (AvgIpc) is 2.26. The van der Waals surface area contributed by atoms with Crippen LogP contribution < -0.4 is 10.2 Å². The summed E-state index contributed by atoms with van der Waals surface area (Å²) in [6.45, 7) is 2.84. The van der Waals surface area contributed by atoms with Crippen molar-refractivity contribution in [3.8, 4) is 0 Å². The van der Waals surface area contributed by atoms with Crippen LogP contribution in [0.15, 0.2) is 18.3 Å². The van der Waals surface area contributed by atoms with E-state index in [1.807, 2.05) is 44.2 Å². The largest absolute Gasteiger partial charge is 0.395 e.